The Bertz CT molecular complexity index is 1280. The maximum Gasteiger partial charge on any atom is 0.263 e. The van der Waals surface area contributed by atoms with Crippen molar-refractivity contribution >= 4 is 5.82 Å². The van der Waals surface area contributed by atoms with Gasteiger partial charge < -0.3 is 19.4 Å². The zero-order chi connectivity index (χ0) is 24.4. The van der Waals surface area contributed by atoms with Crippen LogP contribution in [0.1, 0.15) is 41.2 Å². The molecule has 1 aliphatic heterocycles. The first-order valence-electron chi connectivity index (χ1n) is 11.0. The van der Waals surface area contributed by atoms with Crippen LogP contribution in [0.4, 0.5) is 14.6 Å². The van der Waals surface area contributed by atoms with Gasteiger partial charge in [0.2, 0.25) is 17.7 Å². The number of rotatable bonds is 7. The van der Waals surface area contributed by atoms with Crippen LogP contribution < -0.4 is 15.0 Å². The van der Waals surface area contributed by atoms with Crippen LogP contribution in [0.5, 0.6) is 5.88 Å². The van der Waals surface area contributed by atoms with Gasteiger partial charge in [0.05, 0.1) is 11.4 Å². The van der Waals surface area contributed by atoms with E-state index in [-0.39, 0.29) is 18.2 Å². The standard InChI is InChI=1S/C22H23F2N9O2/c1-13-18(33(31-26-13)16-5-3-15(4-6-16)21(23)24)12-34-20-8-7-19(28-29-20)32-10-9-25-17(11-32)22-30-27-14(2)35-22/h3-8,17,21,25H,9-12H2,1-2H3. The van der Waals surface area contributed by atoms with Crippen LogP contribution in [0.25, 0.3) is 5.69 Å². The third kappa shape index (κ3) is 4.94. The molecule has 1 N–H and O–H groups in total. The highest BCUT2D eigenvalue weighted by molar-refractivity contribution is 5.40. The van der Waals surface area contributed by atoms with Crippen molar-refractivity contribution in [1.29, 1.82) is 0 Å². The molecule has 3 aromatic heterocycles. The van der Waals surface area contributed by atoms with Crippen LogP contribution in [-0.4, -0.2) is 55.0 Å². The van der Waals surface area contributed by atoms with E-state index in [0.29, 0.717) is 47.1 Å². The molecule has 1 fully saturated rings. The highest BCUT2D eigenvalue weighted by Gasteiger charge is 2.26. The van der Waals surface area contributed by atoms with Crippen LogP contribution >= 0.6 is 0 Å². The van der Waals surface area contributed by atoms with Gasteiger partial charge in [-0.05, 0) is 25.1 Å². The molecule has 0 radical (unpaired) electrons. The number of halogens is 2. The monoisotopic (exact) mass is 483 g/mol. The lowest BCUT2D eigenvalue weighted by molar-refractivity contribution is 0.151. The Hall–Kier alpha value is -4.00. The van der Waals surface area contributed by atoms with Gasteiger partial charge in [-0.3, -0.25) is 0 Å². The van der Waals surface area contributed by atoms with Gasteiger partial charge in [0.1, 0.15) is 18.3 Å². The van der Waals surface area contributed by atoms with Crippen LogP contribution in [0.3, 0.4) is 0 Å². The number of aromatic nitrogens is 7. The lowest BCUT2D eigenvalue weighted by Gasteiger charge is -2.32. The van der Waals surface area contributed by atoms with Crippen LogP contribution in [0, 0.1) is 13.8 Å². The van der Waals surface area contributed by atoms with Gasteiger partial charge in [-0.25, -0.2) is 13.5 Å². The van der Waals surface area contributed by atoms with Crippen molar-refractivity contribution in [3.8, 4) is 11.6 Å². The topological polar surface area (TPSA) is 120 Å². The van der Waals surface area contributed by atoms with E-state index in [1.165, 1.54) is 12.1 Å². The Labute approximate surface area is 199 Å². The van der Waals surface area contributed by atoms with Gasteiger partial charge in [0.25, 0.3) is 6.43 Å². The fraction of sp³-hybridized carbons (Fsp3) is 0.364. The van der Waals surface area contributed by atoms with E-state index in [4.69, 9.17) is 9.15 Å². The van der Waals surface area contributed by atoms with Gasteiger partial charge in [-0.15, -0.1) is 25.5 Å². The predicted molar refractivity (Wildman–Crippen MR) is 119 cm³/mol. The molecule has 4 heterocycles. The summed E-state index contributed by atoms with van der Waals surface area (Å²) in [5, 5.41) is 28.1. The Morgan fingerprint density at radius 1 is 1.06 bits per heavy atom. The van der Waals surface area contributed by atoms with E-state index in [9.17, 15) is 8.78 Å². The molecule has 0 spiro atoms. The third-order valence-electron chi connectivity index (χ3n) is 5.67. The number of nitrogens with one attached hydrogen (secondary N) is 1. The number of piperazine rings is 1. The molecule has 35 heavy (non-hydrogen) atoms. The average Bonchev–Trinajstić information content (AvgIpc) is 3.48. The number of anilines is 1. The highest BCUT2D eigenvalue weighted by Crippen LogP contribution is 2.23. The van der Waals surface area contributed by atoms with E-state index in [0.717, 1.165) is 13.1 Å². The maximum atomic E-state index is 12.9. The molecule has 0 bridgehead atoms. The molecule has 0 aliphatic carbocycles. The summed E-state index contributed by atoms with van der Waals surface area (Å²) in [5.74, 6) is 2.12. The number of hydrogen-bond donors (Lipinski definition) is 1. The lowest BCUT2D eigenvalue weighted by atomic mass is 10.2. The zero-order valence-corrected chi connectivity index (χ0v) is 19.1. The van der Waals surface area contributed by atoms with Gasteiger partial charge in [0.15, 0.2) is 5.82 Å². The molecule has 182 valence electrons. The molecular weight excluding hydrogens is 460 g/mol. The Balaban J connectivity index is 1.24. The molecule has 0 saturated carbocycles. The van der Waals surface area contributed by atoms with Gasteiger partial charge in [0, 0.05) is 38.2 Å². The molecule has 1 unspecified atom stereocenters. The molecule has 11 nitrogen and oxygen atoms in total. The minimum absolute atomic E-state index is 0.0539. The van der Waals surface area contributed by atoms with Crippen molar-refractivity contribution in [1.82, 2.24) is 40.7 Å². The fourth-order valence-electron chi connectivity index (χ4n) is 3.79. The van der Waals surface area contributed by atoms with E-state index in [2.05, 4.69) is 40.9 Å². The molecule has 1 aliphatic rings. The number of hydrogen-bond acceptors (Lipinski definition) is 10. The Morgan fingerprint density at radius 3 is 2.57 bits per heavy atom. The normalized spacial score (nSPS) is 16.1. The molecule has 13 heteroatoms. The van der Waals surface area contributed by atoms with Gasteiger partial charge in [-0.2, -0.15) is 0 Å². The first kappa shape index (κ1) is 22.8. The van der Waals surface area contributed by atoms with E-state index < -0.39 is 6.43 Å². The Kier molecular flexibility index (Phi) is 6.31. The van der Waals surface area contributed by atoms with Crippen molar-refractivity contribution in [3.05, 3.63) is 65.1 Å². The number of nitrogens with zero attached hydrogens (tertiary/aromatic N) is 8. The first-order chi connectivity index (χ1) is 17.0. The zero-order valence-electron chi connectivity index (χ0n) is 19.1. The number of ether oxygens (including phenoxy) is 1. The molecular formula is C22H23F2N9O2. The highest BCUT2D eigenvalue weighted by atomic mass is 19.3. The average molecular weight is 483 g/mol. The number of aryl methyl sites for hydroxylation is 2. The van der Waals surface area contributed by atoms with Crippen LogP contribution in [-0.2, 0) is 6.61 Å². The van der Waals surface area contributed by atoms with Crippen molar-refractivity contribution in [2.45, 2.75) is 32.9 Å². The molecule has 5 rings (SSSR count). The summed E-state index contributed by atoms with van der Waals surface area (Å²) in [7, 11) is 0. The van der Waals surface area contributed by atoms with E-state index >= 15 is 0 Å². The number of alkyl halides is 2. The quantitative estimate of drug-likeness (QED) is 0.420. The minimum Gasteiger partial charge on any atom is -0.470 e. The molecule has 1 atom stereocenters. The summed E-state index contributed by atoms with van der Waals surface area (Å²) < 4.78 is 38.7. The lowest BCUT2D eigenvalue weighted by Crippen LogP contribution is -2.46. The van der Waals surface area contributed by atoms with Gasteiger partial charge >= 0.3 is 0 Å². The molecule has 1 aromatic carbocycles. The van der Waals surface area contributed by atoms with E-state index in [1.54, 1.807) is 36.7 Å². The fourth-order valence-corrected chi connectivity index (χ4v) is 3.79. The predicted octanol–water partition coefficient (Wildman–Crippen LogP) is 2.72. The first-order valence-corrected chi connectivity index (χ1v) is 11.0. The Morgan fingerprint density at radius 2 is 1.89 bits per heavy atom. The van der Waals surface area contributed by atoms with Crippen molar-refractivity contribution in [3.63, 3.8) is 0 Å². The summed E-state index contributed by atoms with van der Waals surface area (Å²) in [4.78, 5) is 2.09. The molecule has 0 amide bonds. The summed E-state index contributed by atoms with van der Waals surface area (Å²) in [6.45, 7) is 5.80. The maximum absolute atomic E-state index is 12.9. The molecule has 1 saturated heterocycles. The summed E-state index contributed by atoms with van der Waals surface area (Å²) in [6.07, 6.45) is -2.53. The second-order valence-corrected chi connectivity index (χ2v) is 8.06. The summed E-state index contributed by atoms with van der Waals surface area (Å²) in [6, 6.07) is 9.38. The van der Waals surface area contributed by atoms with Crippen molar-refractivity contribution < 1.29 is 17.9 Å². The summed E-state index contributed by atoms with van der Waals surface area (Å²) in [5.41, 5.74) is 1.90. The smallest absolute Gasteiger partial charge is 0.263 e. The minimum atomic E-state index is -2.53. The second kappa shape index (κ2) is 9.70. The molecule has 4 aromatic rings. The third-order valence-corrected chi connectivity index (χ3v) is 5.67. The SMILES string of the molecule is Cc1nnc(C2CN(c3ccc(OCc4c(C)nnn4-c4ccc(C(F)F)cc4)nn3)CCN2)o1. The van der Waals surface area contributed by atoms with Crippen molar-refractivity contribution in [2.24, 2.45) is 0 Å². The van der Waals surface area contributed by atoms with E-state index in [1.807, 2.05) is 6.07 Å². The largest absolute Gasteiger partial charge is 0.470 e. The van der Waals surface area contributed by atoms with Gasteiger partial charge in [-0.1, -0.05) is 17.3 Å². The number of benzene rings is 1. The van der Waals surface area contributed by atoms with Crippen molar-refractivity contribution in [2.75, 3.05) is 24.5 Å². The second-order valence-electron chi connectivity index (χ2n) is 8.06. The van der Waals surface area contributed by atoms with Crippen LogP contribution in [0.2, 0.25) is 0 Å². The van der Waals surface area contributed by atoms with Crippen LogP contribution in [0.15, 0.2) is 40.8 Å². The summed E-state index contributed by atoms with van der Waals surface area (Å²) >= 11 is 0.